The first kappa shape index (κ1) is 9.80. The van der Waals surface area contributed by atoms with Gasteiger partial charge in [0.25, 0.3) is 5.91 Å². The largest absolute Gasteiger partial charge is 0.400 e. The normalized spacial score (nSPS) is 10.8. The first-order valence-corrected chi connectivity index (χ1v) is 2.89. The van der Waals surface area contributed by atoms with Crippen molar-refractivity contribution >= 4 is 11.8 Å². The number of alkyl halides is 2. The summed E-state index contributed by atoms with van der Waals surface area (Å²) in [6.07, 6.45) is 0. The van der Waals surface area contributed by atoms with Crippen LogP contribution in [0.2, 0.25) is 0 Å². The molecule has 0 bridgehead atoms. The van der Waals surface area contributed by atoms with E-state index in [9.17, 15) is 18.4 Å². The summed E-state index contributed by atoms with van der Waals surface area (Å²) in [7, 11) is 0. The van der Waals surface area contributed by atoms with Gasteiger partial charge in [-0.25, -0.2) is 0 Å². The lowest BCUT2D eigenvalue weighted by Gasteiger charge is -2.10. The fourth-order valence-electron chi connectivity index (χ4n) is 0.383. The average molecular weight is 166 g/mol. The lowest BCUT2D eigenvalue weighted by atomic mass is 10.3. The molecule has 0 rings (SSSR count). The molecule has 0 aromatic carbocycles. The molecule has 11 heavy (non-hydrogen) atoms. The molecular formula is C5H8F2N2O2. The Kier molecular flexibility index (Phi) is 2.91. The highest BCUT2D eigenvalue weighted by atomic mass is 19.3. The zero-order chi connectivity index (χ0) is 9.07. The first-order chi connectivity index (χ1) is 4.92. The van der Waals surface area contributed by atoms with Crippen LogP contribution < -0.4 is 11.1 Å². The van der Waals surface area contributed by atoms with E-state index in [1.54, 1.807) is 5.32 Å². The number of nitrogens with one attached hydrogen (secondary N) is 1. The molecule has 0 saturated carbocycles. The summed E-state index contributed by atoms with van der Waals surface area (Å²) < 4.78 is 24.5. The van der Waals surface area contributed by atoms with Crippen molar-refractivity contribution in [3.63, 3.8) is 0 Å². The molecule has 0 aromatic heterocycles. The summed E-state index contributed by atoms with van der Waals surface area (Å²) in [5, 5.41) is 1.78. The Morgan fingerprint density at radius 3 is 2.27 bits per heavy atom. The predicted molar refractivity (Wildman–Crippen MR) is 32.8 cm³/mol. The Morgan fingerprint density at radius 2 is 2.00 bits per heavy atom. The quantitative estimate of drug-likeness (QED) is 0.541. The molecule has 3 N–H and O–H groups in total. The summed E-state index contributed by atoms with van der Waals surface area (Å²) in [6.45, 7) is 1.48. The molecule has 4 nitrogen and oxygen atoms in total. The molecule has 0 aliphatic carbocycles. The number of carbonyl (C=O) groups is 2. The van der Waals surface area contributed by atoms with Gasteiger partial charge >= 0.3 is 11.8 Å². The highest BCUT2D eigenvalue weighted by Gasteiger charge is 2.45. The number of halogens is 2. The van der Waals surface area contributed by atoms with Crippen LogP contribution in [0.25, 0.3) is 0 Å². The van der Waals surface area contributed by atoms with Gasteiger partial charge in [-0.05, 0) is 6.92 Å². The van der Waals surface area contributed by atoms with Crippen LogP contribution in [-0.2, 0) is 9.59 Å². The summed E-state index contributed by atoms with van der Waals surface area (Å²) in [5.74, 6) is -7.70. The van der Waals surface area contributed by atoms with Crippen LogP contribution in [0.4, 0.5) is 8.78 Å². The number of hydrogen-bond acceptors (Lipinski definition) is 2. The average Bonchev–Trinajstić information content (AvgIpc) is 1.88. The fourth-order valence-corrected chi connectivity index (χ4v) is 0.383. The fraction of sp³-hybridized carbons (Fsp3) is 0.600. The molecule has 64 valence electrons. The van der Waals surface area contributed by atoms with E-state index in [4.69, 9.17) is 0 Å². The third kappa shape index (κ3) is 2.14. The highest BCUT2D eigenvalue weighted by Crippen LogP contribution is 2.11. The Bertz CT molecular complexity index is 181. The van der Waals surface area contributed by atoms with Crippen molar-refractivity contribution < 1.29 is 18.4 Å². The van der Waals surface area contributed by atoms with Crippen molar-refractivity contribution in [3.05, 3.63) is 0 Å². The molecule has 0 heterocycles. The second kappa shape index (κ2) is 3.27. The van der Waals surface area contributed by atoms with Gasteiger partial charge in [-0.2, -0.15) is 8.78 Å². The van der Waals surface area contributed by atoms with Gasteiger partial charge in [-0.3, -0.25) is 9.59 Å². The third-order valence-corrected chi connectivity index (χ3v) is 0.932. The molecule has 0 unspecified atom stereocenters. The van der Waals surface area contributed by atoms with E-state index in [1.165, 1.54) is 6.92 Å². The molecule has 0 aromatic rings. The number of carbonyl (C=O) groups excluding carboxylic acids is 2. The van der Waals surface area contributed by atoms with Crippen LogP contribution >= 0.6 is 0 Å². The maximum atomic E-state index is 12.2. The Morgan fingerprint density at radius 1 is 1.55 bits per heavy atom. The van der Waals surface area contributed by atoms with E-state index in [-0.39, 0.29) is 6.54 Å². The Hall–Kier alpha value is -1.20. The van der Waals surface area contributed by atoms with E-state index in [0.29, 0.717) is 0 Å². The molecule has 2 amide bonds. The van der Waals surface area contributed by atoms with Gasteiger partial charge in [-0.1, -0.05) is 0 Å². The van der Waals surface area contributed by atoms with Crippen LogP contribution in [0.5, 0.6) is 0 Å². The van der Waals surface area contributed by atoms with E-state index >= 15 is 0 Å². The summed E-state index contributed by atoms with van der Waals surface area (Å²) in [5.41, 5.74) is 4.25. The Balaban J connectivity index is 4.30. The van der Waals surface area contributed by atoms with Gasteiger partial charge in [0.2, 0.25) is 0 Å². The number of primary amides is 1. The van der Waals surface area contributed by atoms with Gasteiger partial charge in [0, 0.05) is 6.54 Å². The van der Waals surface area contributed by atoms with E-state index in [0.717, 1.165) is 0 Å². The van der Waals surface area contributed by atoms with Crippen molar-refractivity contribution in [1.29, 1.82) is 0 Å². The van der Waals surface area contributed by atoms with E-state index in [2.05, 4.69) is 5.73 Å². The molecule has 0 radical (unpaired) electrons. The van der Waals surface area contributed by atoms with Crippen molar-refractivity contribution in [3.8, 4) is 0 Å². The number of amides is 2. The number of rotatable bonds is 3. The SMILES string of the molecule is CCNC(=O)C(F)(F)C(N)=O. The maximum Gasteiger partial charge on any atom is 0.400 e. The molecular weight excluding hydrogens is 158 g/mol. The van der Waals surface area contributed by atoms with Gasteiger partial charge in [0.05, 0.1) is 0 Å². The maximum absolute atomic E-state index is 12.2. The Labute approximate surface area is 61.7 Å². The monoisotopic (exact) mass is 166 g/mol. The first-order valence-electron chi connectivity index (χ1n) is 2.89. The topological polar surface area (TPSA) is 72.2 Å². The van der Waals surface area contributed by atoms with Crippen LogP contribution in [0.1, 0.15) is 6.92 Å². The molecule has 0 aliphatic heterocycles. The van der Waals surface area contributed by atoms with Gasteiger partial charge in [0.15, 0.2) is 0 Å². The van der Waals surface area contributed by atoms with E-state index in [1.807, 2.05) is 0 Å². The van der Waals surface area contributed by atoms with Crippen LogP contribution in [0.15, 0.2) is 0 Å². The third-order valence-electron chi connectivity index (χ3n) is 0.932. The van der Waals surface area contributed by atoms with Crippen molar-refractivity contribution in [2.45, 2.75) is 12.8 Å². The minimum Gasteiger partial charge on any atom is -0.364 e. The molecule has 0 aliphatic rings. The highest BCUT2D eigenvalue weighted by molar-refractivity contribution is 6.05. The summed E-state index contributed by atoms with van der Waals surface area (Å²) in [4.78, 5) is 20.3. The zero-order valence-electron chi connectivity index (χ0n) is 5.86. The summed E-state index contributed by atoms with van der Waals surface area (Å²) in [6, 6.07) is 0. The second-order valence-corrected chi connectivity index (χ2v) is 1.80. The van der Waals surface area contributed by atoms with Crippen molar-refractivity contribution in [2.75, 3.05) is 6.54 Å². The molecule has 0 fully saturated rings. The van der Waals surface area contributed by atoms with Crippen molar-refractivity contribution in [2.24, 2.45) is 5.73 Å². The van der Waals surface area contributed by atoms with Crippen LogP contribution in [0.3, 0.4) is 0 Å². The van der Waals surface area contributed by atoms with Gasteiger partial charge in [-0.15, -0.1) is 0 Å². The summed E-state index contributed by atoms with van der Waals surface area (Å²) >= 11 is 0. The van der Waals surface area contributed by atoms with Gasteiger partial charge < -0.3 is 11.1 Å². The van der Waals surface area contributed by atoms with E-state index < -0.39 is 17.7 Å². The second-order valence-electron chi connectivity index (χ2n) is 1.80. The number of nitrogens with two attached hydrogens (primary N) is 1. The lowest BCUT2D eigenvalue weighted by molar-refractivity contribution is -0.157. The number of hydrogen-bond donors (Lipinski definition) is 2. The molecule has 0 spiro atoms. The zero-order valence-corrected chi connectivity index (χ0v) is 5.86. The van der Waals surface area contributed by atoms with Gasteiger partial charge in [0.1, 0.15) is 0 Å². The molecule has 0 saturated heterocycles. The minimum absolute atomic E-state index is 0.0295. The molecule has 0 atom stereocenters. The smallest absolute Gasteiger partial charge is 0.364 e. The van der Waals surface area contributed by atoms with Crippen LogP contribution in [0, 0.1) is 0 Å². The molecule has 6 heteroatoms. The minimum atomic E-state index is -4.10. The lowest BCUT2D eigenvalue weighted by Crippen LogP contribution is -2.49. The van der Waals surface area contributed by atoms with Crippen LogP contribution in [-0.4, -0.2) is 24.3 Å². The standard InChI is InChI=1S/C5H8F2N2O2/c1-2-9-4(11)5(6,7)3(8)10/h2H2,1H3,(H2,8,10)(H,9,11). The van der Waals surface area contributed by atoms with Crippen molar-refractivity contribution in [1.82, 2.24) is 5.32 Å². The predicted octanol–water partition coefficient (Wildman–Crippen LogP) is -0.757.